The maximum atomic E-state index is 14.0. The van der Waals surface area contributed by atoms with E-state index in [1.165, 1.54) is 6.08 Å². The number of aliphatic imine (C=N–C) groups is 1. The predicted octanol–water partition coefficient (Wildman–Crippen LogP) is 10.3. The molecular formula is C42H52Cl2N4O4. The molecule has 2 N–H and O–H groups in total. The topological polar surface area (TPSA) is 92.3 Å². The molecule has 0 saturated heterocycles. The Bertz CT molecular complexity index is 1760. The summed E-state index contributed by atoms with van der Waals surface area (Å²) in [6, 6.07) is 20.8. The van der Waals surface area contributed by atoms with Crippen molar-refractivity contribution in [3.05, 3.63) is 106 Å². The summed E-state index contributed by atoms with van der Waals surface area (Å²) in [7, 11) is 0. The van der Waals surface area contributed by atoms with Crippen LogP contribution in [0.2, 0.25) is 10.0 Å². The molecule has 3 aromatic rings. The Morgan fingerprint density at radius 2 is 1.60 bits per heavy atom. The highest BCUT2D eigenvalue weighted by Gasteiger charge is 2.27. The molecule has 0 aromatic heterocycles. The van der Waals surface area contributed by atoms with Gasteiger partial charge in [0.25, 0.3) is 5.91 Å². The summed E-state index contributed by atoms with van der Waals surface area (Å²) in [5, 5.41) is 7.28. The lowest BCUT2D eigenvalue weighted by atomic mass is 9.82. The van der Waals surface area contributed by atoms with Crippen LogP contribution in [-0.2, 0) is 15.0 Å². The molecule has 0 saturated carbocycles. The van der Waals surface area contributed by atoms with E-state index in [4.69, 9.17) is 32.7 Å². The smallest absolute Gasteiger partial charge is 0.265 e. The Morgan fingerprint density at radius 3 is 2.25 bits per heavy atom. The second-order valence-electron chi connectivity index (χ2n) is 13.4. The van der Waals surface area contributed by atoms with Crippen molar-refractivity contribution in [3.8, 4) is 11.5 Å². The van der Waals surface area contributed by atoms with Crippen LogP contribution in [0.4, 0.5) is 11.4 Å². The van der Waals surface area contributed by atoms with E-state index in [0.29, 0.717) is 39.4 Å². The molecule has 1 aliphatic rings. The summed E-state index contributed by atoms with van der Waals surface area (Å²) in [5.41, 5.74) is 3.89. The lowest BCUT2D eigenvalue weighted by Gasteiger charge is -2.26. The average Bonchev–Trinajstić information content (AvgIpc) is 3.13. The van der Waals surface area contributed by atoms with Crippen LogP contribution in [0.3, 0.4) is 0 Å². The number of anilines is 2. The lowest BCUT2D eigenvalue weighted by Crippen LogP contribution is -2.40. The number of unbranched alkanes of at least 4 members (excludes halogenated alkanes) is 3. The standard InChI is InChI=1S/C42H52Cl2N4O4/c1-7-11-12-13-18-40(52-39-24-19-29(25-33(39)44)42(5,6)8-2)41(50)47-35-27-37(49)36(45-28-51-38-17-15-14-16-32(38)43)26-34(35)46-30-20-22-31(23-21-30)48(9-3)10-4/h14-17,19-27,40,46H,7-13,18,28H2,1-6H3,(H,47,50)/b45-36+. The van der Waals surface area contributed by atoms with E-state index in [-0.39, 0.29) is 29.5 Å². The van der Waals surface area contributed by atoms with E-state index in [1.54, 1.807) is 24.3 Å². The van der Waals surface area contributed by atoms with Gasteiger partial charge >= 0.3 is 0 Å². The minimum Gasteiger partial charge on any atom is -0.479 e. The molecule has 0 radical (unpaired) electrons. The number of nitrogens with zero attached hydrogens (tertiary/aromatic N) is 2. The van der Waals surface area contributed by atoms with Crippen LogP contribution in [0.25, 0.3) is 0 Å². The van der Waals surface area contributed by atoms with Gasteiger partial charge in [-0.15, -0.1) is 0 Å². The second-order valence-corrected chi connectivity index (χ2v) is 14.2. The number of halogens is 2. The second kappa shape index (κ2) is 19.5. The first-order chi connectivity index (χ1) is 25.0. The van der Waals surface area contributed by atoms with E-state index in [9.17, 15) is 9.59 Å². The molecule has 4 rings (SSSR count). The van der Waals surface area contributed by atoms with E-state index >= 15 is 0 Å². The number of benzene rings is 3. The van der Waals surface area contributed by atoms with Gasteiger partial charge in [-0.3, -0.25) is 9.59 Å². The molecule has 0 heterocycles. The van der Waals surface area contributed by atoms with Crippen molar-refractivity contribution < 1.29 is 19.1 Å². The zero-order valence-corrected chi connectivity index (χ0v) is 32.7. The molecule has 0 fully saturated rings. The van der Waals surface area contributed by atoms with Crippen molar-refractivity contribution in [3.63, 3.8) is 0 Å². The fourth-order valence-corrected chi connectivity index (χ4v) is 6.14. The highest BCUT2D eigenvalue weighted by Crippen LogP contribution is 2.34. The molecular weight excluding hydrogens is 695 g/mol. The maximum Gasteiger partial charge on any atom is 0.265 e. The van der Waals surface area contributed by atoms with Crippen LogP contribution in [0.15, 0.2) is 95.3 Å². The third-order valence-electron chi connectivity index (χ3n) is 9.40. The quantitative estimate of drug-likeness (QED) is 0.0937. The van der Waals surface area contributed by atoms with Gasteiger partial charge in [0, 0.05) is 30.5 Å². The number of allylic oxidation sites excluding steroid dienone is 2. The van der Waals surface area contributed by atoms with Crippen molar-refractivity contribution >= 4 is 52.0 Å². The highest BCUT2D eigenvalue weighted by molar-refractivity contribution is 6.49. The van der Waals surface area contributed by atoms with Crippen LogP contribution >= 0.6 is 23.2 Å². The molecule has 0 aliphatic heterocycles. The number of para-hydroxylation sites is 1. The van der Waals surface area contributed by atoms with Gasteiger partial charge in [0.1, 0.15) is 17.2 Å². The summed E-state index contributed by atoms with van der Waals surface area (Å²) in [6.07, 6.45) is 7.47. The minimum absolute atomic E-state index is 0.0522. The summed E-state index contributed by atoms with van der Waals surface area (Å²) in [4.78, 5) is 34.1. The van der Waals surface area contributed by atoms with E-state index < -0.39 is 6.10 Å². The molecule has 52 heavy (non-hydrogen) atoms. The van der Waals surface area contributed by atoms with Crippen LogP contribution in [0.1, 0.15) is 85.6 Å². The average molecular weight is 748 g/mol. The zero-order valence-electron chi connectivity index (χ0n) is 31.2. The first-order valence-electron chi connectivity index (χ1n) is 18.3. The zero-order chi connectivity index (χ0) is 37.7. The highest BCUT2D eigenvalue weighted by atomic mass is 35.5. The number of hydrogen-bond acceptors (Lipinski definition) is 7. The van der Waals surface area contributed by atoms with E-state index in [2.05, 4.69) is 62.1 Å². The molecule has 3 aromatic carbocycles. The van der Waals surface area contributed by atoms with Crippen molar-refractivity contribution in [2.24, 2.45) is 4.99 Å². The fourth-order valence-electron chi connectivity index (χ4n) is 5.72. The largest absolute Gasteiger partial charge is 0.479 e. The first-order valence-corrected chi connectivity index (χ1v) is 19.0. The third kappa shape index (κ3) is 11.1. The summed E-state index contributed by atoms with van der Waals surface area (Å²) in [5.74, 6) is 0.149. The number of carbonyl (C=O) groups excluding carboxylic acids is 2. The monoisotopic (exact) mass is 746 g/mol. The number of nitrogens with one attached hydrogen (secondary N) is 2. The first kappa shape index (κ1) is 40.5. The fraction of sp³-hybridized carbons (Fsp3) is 0.405. The van der Waals surface area contributed by atoms with Gasteiger partial charge in [0.2, 0.25) is 5.78 Å². The normalized spacial score (nSPS) is 14.4. The number of amides is 1. The Kier molecular flexibility index (Phi) is 15.2. The van der Waals surface area contributed by atoms with Crippen LogP contribution in [-0.4, -0.2) is 43.3 Å². The molecule has 10 heteroatoms. The summed E-state index contributed by atoms with van der Waals surface area (Å²) >= 11 is 13.0. The Labute approximate surface area is 319 Å². The van der Waals surface area contributed by atoms with Gasteiger partial charge in [0.05, 0.1) is 21.4 Å². The maximum absolute atomic E-state index is 14.0. The number of ketones is 1. The molecule has 1 unspecified atom stereocenters. The third-order valence-corrected chi connectivity index (χ3v) is 10.0. The predicted molar refractivity (Wildman–Crippen MR) is 215 cm³/mol. The van der Waals surface area contributed by atoms with Crippen LogP contribution in [0.5, 0.6) is 11.5 Å². The van der Waals surface area contributed by atoms with Crippen LogP contribution in [0, 0.1) is 0 Å². The van der Waals surface area contributed by atoms with Crippen molar-refractivity contribution in [2.75, 3.05) is 30.0 Å². The molecule has 0 bridgehead atoms. The summed E-state index contributed by atoms with van der Waals surface area (Å²) in [6.45, 7) is 14.5. The van der Waals surface area contributed by atoms with Crippen molar-refractivity contribution in [1.82, 2.24) is 5.32 Å². The Balaban J connectivity index is 1.61. The lowest BCUT2D eigenvalue weighted by molar-refractivity contribution is -0.127. The van der Waals surface area contributed by atoms with Gasteiger partial charge < -0.3 is 25.0 Å². The number of rotatable bonds is 19. The Morgan fingerprint density at radius 1 is 0.865 bits per heavy atom. The van der Waals surface area contributed by atoms with Gasteiger partial charge in [-0.05, 0) is 98.7 Å². The molecule has 8 nitrogen and oxygen atoms in total. The van der Waals surface area contributed by atoms with Gasteiger partial charge in [0.15, 0.2) is 12.8 Å². The van der Waals surface area contributed by atoms with Crippen LogP contribution < -0.4 is 25.0 Å². The minimum atomic E-state index is -0.843. The van der Waals surface area contributed by atoms with Gasteiger partial charge in [-0.2, -0.15) is 0 Å². The molecule has 278 valence electrons. The number of hydrogen-bond donors (Lipinski definition) is 2. The van der Waals surface area contributed by atoms with Crippen molar-refractivity contribution in [2.45, 2.75) is 91.6 Å². The van der Waals surface area contributed by atoms with Crippen molar-refractivity contribution in [1.29, 1.82) is 0 Å². The molecule has 1 aliphatic carbocycles. The Hall–Kier alpha value is -4.27. The van der Waals surface area contributed by atoms with E-state index in [0.717, 1.165) is 62.1 Å². The number of carbonyl (C=O) groups is 2. The number of ether oxygens (including phenoxy) is 2. The van der Waals surface area contributed by atoms with Gasteiger partial charge in [-0.1, -0.05) is 88.4 Å². The van der Waals surface area contributed by atoms with Gasteiger partial charge in [-0.25, -0.2) is 4.99 Å². The van der Waals surface area contributed by atoms with E-state index in [1.807, 2.05) is 48.5 Å². The SMILES string of the molecule is CCCCCCC(Oc1ccc(C(C)(C)CC)cc1Cl)C(=O)NC1=CC(=O)/C(=N/COc2ccccc2Cl)C=C1Nc1ccc(N(CC)CC)cc1. The summed E-state index contributed by atoms with van der Waals surface area (Å²) < 4.78 is 12.1. The molecule has 1 atom stereocenters. The molecule has 0 spiro atoms. The molecule has 1 amide bonds.